The second-order valence-electron chi connectivity index (χ2n) is 30.8. The van der Waals surface area contributed by atoms with Crippen molar-refractivity contribution in [2.45, 2.75) is 452 Å². The van der Waals surface area contributed by atoms with E-state index in [9.17, 15) is 43.2 Å². The van der Waals surface area contributed by atoms with Crippen molar-refractivity contribution in [1.29, 1.82) is 0 Å². The summed E-state index contributed by atoms with van der Waals surface area (Å²) in [6.45, 7) is 12.1. The second kappa shape index (κ2) is 73.2. The standard InChI is InChI=1S/C83H162O17P2/c1-8-11-12-13-14-33-43-50-57-64-80(85)93-70-78(100-83(88)67-60-53-46-39-32-31-36-42-49-56-63-76(7)10-3)72-97-101(89,90)95-68-77(84)69-96-102(91,92)98-73-79(71-94-81(86)65-58-51-44-37-29-25-22-21-23-27-34-40-47-54-61-74(4)5)99-82(87)66-59-52-45-38-30-26-20-18-16-15-17-19-24-28-35-41-48-55-62-75(6)9-2/h74-79,84H,8-73H2,1-7H3,(H,89,90)(H,91,92)/t75?,76?,77-,78+,79+/m0/s1. The van der Waals surface area contributed by atoms with Gasteiger partial charge in [0.15, 0.2) is 12.2 Å². The Morgan fingerprint density at radius 3 is 0.745 bits per heavy atom. The molecule has 0 heterocycles. The highest BCUT2D eigenvalue weighted by atomic mass is 31.2. The molecule has 0 aliphatic heterocycles. The summed E-state index contributed by atoms with van der Waals surface area (Å²) < 4.78 is 68.7. The van der Waals surface area contributed by atoms with E-state index in [0.717, 1.165) is 108 Å². The van der Waals surface area contributed by atoms with Gasteiger partial charge in [-0.25, -0.2) is 9.13 Å². The van der Waals surface area contributed by atoms with Crippen molar-refractivity contribution in [3.63, 3.8) is 0 Å². The number of phosphoric acid groups is 2. The second-order valence-corrected chi connectivity index (χ2v) is 33.7. The maximum atomic E-state index is 13.1. The van der Waals surface area contributed by atoms with Crippen LogP contribution in [0.4, 0.5) is 0 Å². The summed E-state index contributed by atoms with van der Waals surface area (Å²) in [4.78, 5) is 73.0. The molecule has 0 saturated carbocycles. The van der Waals surface area contributed by atoms with Crippen molar-refractivity contribution < 1.29 is 80.2 Å². The molecule has 0 aliphatic rings. The molecule has 0 radical (unpaired) electrons. The zero-order valence-corrected chi connectivity index (χ0v) is 68.9. The molecule has 0 spiro atoms. The molecule has 4 unspecified atom stereocenters. The first-order chi connectivity index (χ1) is 49.3. The van der Waals surface area contributed by atoms with Crippen LogP contribution >= 0.6 is 15.6 Å². The van der Waals surface area contributed by atoms with Gasteiger partial charge in [0.1, 0.15) is 19.3 Å². The lowest BCUT2D eigenvalue weighted by molar-refractivity contribution is -0.161. The molecule has 0 aromatic carbocycles. The monoisotopic (exact) mass is 1490 g/mol. The van der Waals surface area contributed by atoms with E-state index >= 15 is 0 Å². The van der Waals surface area contributed by atoms with Crippen LogP contribution in [0.5, 0.6) is 0 Å². The molecule has 0 aliphatic carbocycles. The van der Waals surface area contributed by atoms with E-state index < -0.39 is 97.5 Å². The largest absolute Gasteiger partial charge is 0.472 e. The Bertz CT molecular complexity index is 1980. The molecule has 19 heteroatoms. The van der Waals surface area contributed by atoms with Crippen LogP contribution in [0, 0.1) is 17.8 Å². The van der Waals surface area contributed by atoms with Gasteiger partial charge in [-0.2, -0.15) is 0 Å². The summed E-state index contributed by atoms with van der Waals surface area (Å²) in [5, 5.41) is 10.6. The molecule has 0 bridgehead atoms. The van der Waals surface area contributed by atoms with Gasteiger partial charge in [-0.1, -0.05) is 382 Å². The Labute approximate surface area is 626 Å². The van der Waals surface area contributed by atoms with E-state index in [0.29, 0.717) is 25.7 Å². The third kappa shape index (κ3) is 73.6. The Morgan fingerprint density at radius 1 is 0.284 bits per heavy atom. The zero-order valence-electron chi connectivity index (χ0n) is 67.1. The number of esters is 4. The fourth-order valence-electron chi connectivity index (χ4n) is 12.8. The van der Waals surface area contributed by atoms with E-state index in [1.807, 2.05) is 0 Å². The minimum atomic E-state index is -4.96. The van der Waals surface area contributed by atoms with Gasteiger partial charge in [0.2, 0.25) is 0 Å². The number of aliphatic hydroxyl groups excluding tert-OH is 1. The topological polar surface area (TPSA) is 237 Å². The summed E-state index contributed by atoms with van der Waals surface area (Å²) in [6, 6.07) is 0. The molecule has 102 heavy (non-hydrogen) atoms. The lowest BCUT2D eigenvalue weighted by atomic mass is 9.99. The van der Waals surface area contributed by atoms with E-state index in [2.05, 4.69) is 48.5 Å². The van der Waals surface area contributed by atoms with Crippen LogP contribution in [0.1, 0.15) is 434 Å². The number of rotatable bonds is 81. The Balaban J connectivity index is 5.21. The Morgan fingerprint density at radius 2 is 0.500 bits per heavy atom. The van der Waals surface area contributed by atoms with Crippen molar-refractivity contribution in [2.75, 3.05) is 39.6 Å². The highest BCUT2D eigenvalue weighted by molar-refractivity contribution is 7.47. The summed E-state index contributed by atoms with van der Waals surface area (Å²) in [7, 11) is -9.92. The predicted molar refractivity (Wildman–Crippen MR) is 418 cm³/mol. The number of aliphatic hydroxyl groups is 1. The minimum absolute atomic E-state index is 0.106. The van der Waals surface area contributed by atoms with Crippen LogP contribution in [-0.2, 0) is 65.4 Å². The Kier molecular flexibility index (Phi) is 71.8. The van der Waals surface area contributed by atoms with Crippen molar-refractivity contribution in [3.05, 3.63) is 0 Å². The number of carbonyl (C=O) groups excluding carboxylic acids is 4. The molecule has 0 amide bonds. The van der Waals surface area contributed by atoms with Crippen LogP contribution in [0.3, 0.4) is 0 Å². The zero-order chi connectivity index (χ0) is 75.1. The van der Waals surface area contributed by atoms with Gasteiger partial charge in [-0.15, -0.1) is 0 Å². The van der Waals surface area contributed by atoms with Gasteiger partial charge < -0.3 is 33.8 Å². The molecule has 0 saturated heterocycles. The third-order valence-corrected chi connectivity index (χ3v) is 22.0. The maximum absolute atomic E-state index is 13.1. The van der Waals surface area contributed by atoms with E-state index in [1.165, 1.54) is 244 Å². The van der Waals surface area contributed by atoms with Crippen molar-refractivity contribution in [1.82, 2.24) is 0 Å². The van der Waals surface area contributed by atoms with Crippen LogP contribution in [-0.4, -0.2) is 96.7 Å². The molecule has 0 rings (SSSR count). The van der Waals surface area contributed by atoms with Gasteiger partial charge in [-0.3, -0.25) is 37.3 Å². The number of hydrogen-bond donors (Lipinski definition) is 3. The summed E-state index contributed by atoms with van der Waals surface area (Å²) in [5.41, 5.74) is 0. The average Bonchev–Trinajstić information content (AvgIpc) is 0.922. The van der Waals surface area contributed by atoms with E-state index in [-0.39, 0.29) is 25.7 Å². The first kappa shape index (κ1) is 100. The van der Waals surface area contributed by atoms with Crippen LogP contribution < -0.4 is 0 Å². The molecule has 7 atom stereocenters. The van der Waals surface area contributed by atoms with Crippen LogP contribution in [0.2, 0.25) is 0 Å². The smallest absolute Gasteiger partial charge is 0.462 e. The van der Waals surface area contributed by atoms with Gasteiger partial charge in [-0.05, 0) is 43.4 Å². The fourth-order valence-corrected chi connectivity index (χ4v) is 14.4. The lowest BCUT2D eigenvalue weighted by Gasteiger charge is -2.21. The van der Waals surface area contributed by atoms with Crippen molar-refractivity contribution in [2.24, 2.45) is 17.8 Å². The number of carbonyl (C=O) groups is 4. The van der Waals surface area contributed by atoms with E-state index in [4.69, 9.17) is 37.0 Å². The number of unbranched alkanes of at least 4 members (excludes halogenated alkanes) is 47. The number of phosphoric ester groups is 2. The highest BCUT2D eigenvalue weighted by Gasteiger charge is 2.30. The highest BCUT2D eigenvalue weighted by Crippen LogP contribution is 2.45. The average molecular weight is 1490 g/mol. The van der Waals surface area contributed by atoms with Gasteiger partial charge in [0.05, 0.1) is 26.4 Å². The first-order valence-electron chi connectivity index (χ1n) is 42.9. The molecular weight excluding hydrogens is 1330 g/mol. The van der Waals surface area contributed by atoms with Crippen LogP contribution in [0.15, 0.2) is 0 Å². The van der Waals surface area contributed by atoms with Gasteiger partial charge >= 0.3 is 39.5 Å². The molecule has 606 valence electrons. The molecule has 0 fully saturated rings. The van der Waals surface area contributed by atoms with Crippen molar-refractivity contribution in [3.8, 4) is 0 Å². The molecule has 3 N–H and O–H groups in total. The SMILES string of the molecule is CCCCCCCCCCCC(=O)OC[C@H](COP(=O)(O)OC[C@H](O)COP(=O)(O)OC[C@@H](COC(=O)CCCCCCCCCCCCCCCCC(C)C)OC(=O)CCCCCCCCCCCCCCCCCCCCC(C)CC)OC(=O)CCCCCCCCCCCCC(C)CC. The van der Waals surface area contributed by atoms with E-state index in [1.54, 1.807) is 0 Å². The fraction of sp³-hybridized carbons (Fsp3) is 0.952. The molecule has 17 nitrogen and oxygen atoms in total. The Hall–Kier alpha value is -1.94. The summed E-state index contributed by atoms with van der Waals surface area (Å²) in [6.07, 6.45) is 62.4. The normalized spacial score (nSPS) is 14.5. The maximum Gasteiger partial charge on any atom is 0.472 e. The van der Waals surface area contributed by atoms with Crippen molar-refractivity contribution >= 4 is 39.5 Å². The summed E-state index contributed by atoms with van der Waals surface area (Å²) >= 11 is 0. The van der Waals surface area contributed by atoms with Gasteiger partial charge in [0.25, 0.3) is 0 Å². The predicted octanol–water partition coefficient (Wildman–Crippen LogP) is 24.9. The molecular formula is C83H162O17P2. The first-order valence-corrected chi connectivity index (χ1v) is 45.9. The third-order valence-electron chi connectivity index (χ3n) is 20.1. The van der Waals surface area contributed by atoms with Gasteiger partial charge in [0, 0.05) is 25.7 Å². The number of hydrogen-bond acceptors (Lipinski definition) is 15. The number of ether oxygens (including phenoxy) is 4. The quantitative estimate of drug-likeness (QED) is 0.0222. The lowest BCUT2D eigenvalue weighted by Crippen LogP contribution is -2.30. The minimum Gasteiger partial charge on any atom is -0.462 e. The summed E-state index contributed by atoms with van der Waals surface area (Å²) in [5.74, 6) is 0.364. The van der Waals surface area contributed by atoms with Crippen LogP contribution in [0.25, 0.3) is 0 Å². The molecule has 0 aromatic rings. The molecule has 0 aromatic heterocycles.